The van der Waals surface area contributed by atoms with Crippen molar-refractivity contribution in [2.45, 2.75) is 33.2 Å². The van der Waals surface area contributed by atoms with Crippen LogP contribution in [0.15, 0.2) is 11.4 Å². The van der Waals surface area contributed by atoms with E-state index in [0.717, 1.165) is 6.42 Å². The van der Waals surface area contributed by atoms with Crippen molar-refractivity contribution < 1.29 is 9.53 Å². The lowest BCUT2D eigenvalue weighted by Crippen LogP contribution is -2.43. The normalized spacial score (nSPS) is 13.2. The van der Waals surface area contributed by atoms with Crippen molar-refractivity contribution in [2.24, 2.45) is 5.41 Å². The Bertz CT molecular complexity index is 398. The molecule has 0 aliphatic carbocycles. The van der Waals surface area contributed by atoms with E-state index in [1.165, 1.54) is 11.3 Å². The number of nitrogens with one attached hydrogen (secondary N) is 1. The summed E-state index contributed by atoms with van der Waals surface area (Å²) in [4.78, 5) is 12.8. The van der Waals surface area contributed by atoms with Gasteiger partial charge in [0.25, 0.3) is 5.91 Å². The van der Waals surface area contributed by atoms with E-state index in [4.69, 9.17) is 16.3 Å². The van der Waals surface area contributed by atoms with Crippen molar-refractivity contribution >= 4 is 28.8 Å². The van der Waals surface area contributed by atoms with Gasteiger partial charge in [-0.1, -0.05) is 20.8 Å². The third kappa shape index (κ3) is 3.89. The molecule has 3 nitrogen and oxygen atoms in total. The van der Waals surface area contributed by atoms with E-state index in [2.05, 4.69) is 26.1 Å². The Labute approximate surface area is 117 Å². The number of alkyl halides is 1. The van der Waals surface area contributed by atoms with Gasteiger partial charge in [0.05, 0.1) is 7.11 Å². The van der Waals surface area contributed by atoms with Gasteiger partial charge in [-0.15, -0.1) is 22.9 Å². The van der Waals surface area contributed by atoms with Crippen LogP contribution < -0.4 is 10.1 Å². The van der Waals surface area contributed by atoms with Gasteiger partial charge in [-0.3, -0.25) is 4.79 Å². The minimum atomic E-state index is -0.0908. The molecule has 0 saturated carbocycles. The predicted octanol–water partition coefficient (Wildman–Crippen LogP) is 3.53. The molecule has 1 heterocycles. The minimum Gasteiger partial charge on any atom is -0.495 e. The van der Waals surface area contributed by atoms with Crippen molar-refractivity contribution in [3.8, 4) is 5.75 Å². The molecule has 1 N–H and O–H groups in total. The molecule has 18 heavy (non-hydrogen) atoms. The highest BCUT2D eigenvalue weighted by molar-refractivity contribution is 7.12. The molecule has 5 heteroatoms. The Morgan fingerprint density at radius 3 is 2.72 bits per heavy atom. The Balaban J connectivity index is 2.79. The summed E-state index contributed by atoms with van der Waals surface area (Å²) in [7, 11) is 1.57. The van der Waals surface area contributed by atoms with Crippen molar-refractivity contribution in [3.05, 3.63) is 16.3 Å². The van der Waals surface area contributed by atoms with E-state index in [0.29, 0.717) is 16.5 Å². The standard InChI is InChI=1S/C13H20ClNO2S/c1-13(2,3)10(5-7-14)15-12(16)11-9(17-4)6-8-18-11/h6,8,10H,5,7H2,1-4H3,(H,15,16). The molecule has 1 aromatic rings. The molecule has 0 spiro atoms. The molecule has 1 unspecified atom stereocenters. The number of methoxy groups -OCH3 is 1. The van der Waals surface area contributed by atoms with Crippen LogP contribution in [0, 0.1) is 5.41 Å². The third-order valence-corrected chi connectivity index (χ3v) is 3.92. The van der Waals surface area contributed by atoms with Crippen LogP contribution in [-0.2, 0) is 0 Å². The smallest absolute Gasteiger partial charge is 0.265 e. The molecule has 0 bridgehead atoms. The summed E-state index contributed by atoms with van der Waals surface area (Å²) < 4.78 is 5.16. The molecular formula is C13H20ClNO2S. The highest BCUT2D eigenvalue weighted by Crippen LogP contribution is 2.27. The van der Waals surface area contributed by atoms with Gasteiger partial charge in [0.15, 0.2) is 0 Å². The number of halogens is 1. The van der Waals surface area contributed by atoms with Crippen LogP contribution >= 0.6 is 22.9 Å². The van der Waals surface area contributed by atoms with E-state index in [9.17, 15) is 4.79 Å². The number of hydrogen-bond donors (Lipinski definition) is 1. The number of thiophene rings is 1. The molecule has 1 amide bonds. The molecule has 1 atom stereocenters. The zero-order valence-corrected chi connectivity index (χ0v) is 12.8. The lowest BCUT2D eigenvalue weighted by molar-refractivity contribution is 0.0902. The van der Waals surface area contributed by atoms with Crippen LogP contribution in [-0.4, -0.2) is 24.9 Å². The van der Waals surface area contributed by atoms with Crippen molar-refractivity contribution in [1.29, 1.82) is 0 Å². The quantitative estimate of drug-likeness (QED) is 0.842. The summed E-state index contributed by atoms with van der Waals surface area (Å²) in [6.45, 7) is 6.28. The van der Waals surface area contributed by atoms with Gasteiger partial charge in [-0.25, -0.2) is 0 Å². The maximum Gasteiger partial charge on any atom is 0.265 e. The van der Waals surface area contributed by atoms with Crippen LogP contribution in [0.2, 0.25) is 0 Å². The third-order valence-electron chi connectivity index (χ3n) is 2.80. The molecule has 0 radical (unpaired) electrons. The van der Waals surface area contributed by atoms with E-state index in [1.54, 1.807) is 13.2 Å². The summed E-state index contributed by atoms with van der Waals surface area (Å²) in [5.74, 6) is 1.06. The molecule has 1 rings (SSSR count). The predicted molar refractivity (Wildman–Crippen MR) is 76.9 cm³/mol. The molecule has 0 saturated heterocycles. The number of carbonyl (C=O) groups excluding carboxylic acids is 1. The molecule has 1 aromatic heterocycles. The first-order valence-electron chi connectivity index (χ1n) is 5.88. The van der Waals surface area contributed by atoms with E-state index >= 15 is 0 Å². The van der Waals surface area contributed by atoms with Crippen molar-refractivity contribution in [1.82, 2.24) is 5.32 Å². The lowest BCUT2D eigenvalue weighted by atomic mass is 9.85. The number of carbonyl (C=O) groups is 1. The summed E-state index contributed by atoms with van der Waals surface area (Å²) in [5.41, 5.74) is -0.0188. The maximum atomic E-state index is 12.2. The largest absolute Gasteiger partial charge is 0.495 e. The topological polar surface area (TPSA) is 38.3 Å². The van der Waals surface area contributed by atoms with Crippen molar-refractivity contribution in [2.75, 3.05) is 13.0 Å². The summed E-state index contributed by atoms with van der Waals surface area (Å²) in [6.07, 6.45) is 0.754. The maximum absolute atomic E-state index is 12.2. The average Bonchev–Trinajstić information content (AvgIpc) is 2.75. The molecule has 102 valence electrons. The number of rotatable bonds is 5. The zero-order chi connectivity index (χ0) is 13.8. The van der Waals surface area contributed by atoms with E-state index in [1.807, 2.05) is 5.38 Å². The molecule has 0 aliphatic heterocycles. The van der Waals surface area contributed by atoms with E-state index in [-0.39, 0.29) is 17.4 Å². The Morgan fingerprint density at radius 2 is 2.22 bits per heavy atom. The van der Waals surface area contributed by atoms with Crippen LogP contribution in [0.5, 0.6) is 5.75 Å². The van der Waals surface area contributed by atoms with Gasteiger partial charge in [-0.2, -0.15) is 0 Å². The van der Waals surface area contributed by atoms with Gasteiger partial charge >= 0.3 is 0 Å². The highest BCUT2D eigenvalue weighted by Gasteiger charge is 2.27. The SMILES string of the molecule is COc1ccsc1C(=O)NC(CCCl)C(C)(C)C. The first-order chi connectivity index (χ1) is 8.40. The second kappa shape index (κ2) is 6.43. The Kier molecular flexibility index (Phi) is 5.47. The van der Waals surface area contributed by atoms with Crippen molar-refractivity contribution in [3.63, 3.8) is 0 Å². The first kappa shape index (κ1) is 15.3. The fraction of sp³-hybridized carbons (Fsp3) is 0.615. The van der Waals surface area contributed by atoms with Gasteiger partial charge in [-0.05, 0) is 23.3 Å². The molecular weight excluding hydrogens is 270 g/mol. The van der Waals surface area contributed by atoms with Gasteiger partial charge in [0.1, 0.15) is 10.6 Å². The molecule has 0 aromatic carbocycles. The number of ether oxygens (including phenoxy) is 1. The lowest BCUT2D eigenvalue weighted by Gasteiger charge is -2.31. The Hall–Kier alpha value is -0.740. The Morgan fingerprint density at radius 1 is 1.56 bits per heavy atom. The molecule has 0 aliphatic rings. The second-order valence-corrected chi connectivity index (χ2v) is 6.48. The minimum absolute atomic E-state index is 0.0188. The average molecular weight is 290 g/mol. The summed E-state index contributed by atoms with van der Waals surface area (Å²) >= 11 is 7.18. The van der Waals surface area contributed by atoms with Gasteiger partial charge < -0.3 is 10.1 Å². The van der Waals surface area contributed by atoms with Crippen LogP contribution in [0.4, 0.5) is 0 Å². The summed E-state index contributed by atoms with van der Waals surface area (Å²) in [5, 5.41) is 4.89. The second-order valence-electron chi connectivity index (χ2n) is 5.19. The summed E-state index contributed by atoms with van der Waals surface area (Å²) in [6, 6.07) is 1.85. The fourth-order valence-electron chi connectivity index (χ4n) is 1.68. The van der Waals surface area contributed by atoms with Crippen LogP contribution in [0.1, 0.15) is 36.9 Å². The van der Waals surface area contributed by atoms with Gasteiger partial charge in [0, 0.05) is 11.9 Å². The number of amides is 1. The first-order valence-corrected chi connectivity index (χ1v) is 7.30. The van der Waals surface area contributed by atoms with Gasteiger partial charge in [0.2, 0.25) is 0 Å². The van der Waals surface area contributed by atoms with Crippen LogP contribution in [0.3, 0.4) is 0 Å². The monoisotopic (exact) mass is 289 g/mol. The fourth-order valence-corrected chi connectivity index (χ4v) is 2.66. The van der Waals surface area contributed by atoms with Crippen LogP contribution in [0.25, 0.3) is 0 Å². The number of hydrogen-bond acceptors (Lipinski definition) is 3. The molecule has 0 fully saturated rings. The van der Waals surface area contributed by atoms with E-state index < -0.39 is 0 Å². The highest BCUT2D eigenvalue weighted by atomic mass is 35.5. The zero-order valence-electron chi connectivity index (χ0n) is 11.2.